The zero-order valence-electron chi connectivity index (χ0n) is 17.6. The van der Waals surface area contributed by atoms with Gasteiger partial charge in [-0.25, -0.2) is 0 Å². The van der Waals surface area contributed by atoms with Crippen LogP contribution in [0.2, 0.25) is 0 Å². The highest BCUT2D eigenvalue weighted by molar-refractivity contribution is 5.91. The van der Waals surface area contributed by atoms with Crippen LogP contribution in [0.1, 0.15) is 48.5 Å². The van der Waals surface area contributed by atoms with Gasteiger partial charge in [-0.1, -0.05) is 24.4 Å². The zero-order valence-corrected chi connectivity index (χ0v) is 17.6. The van der Waals surface area contributed by atoms with Crippen LogP contribution in [0.3, 0.4) is 0 Å². The molecule has 30 heavy (non-hydrogen) atoms. The van der Waals surface area contributed by atoms with E-state index in [0.717, 1.165) is 36.9 Å². The normalized spacial score (nSPS) is 14.6. The largest absolute Gasteiger partial charge is 0.459 e. The number of benzene rings is 1. The number of rotatable bonds is 7. The quantitative estimate of drug-likeness (QED) is 0.576. The molecule has 1 amide bonds. The topological polar surface area (TPSA) is 75.6 Å². The molecule has 1 fully saturated rings. The molecule has 0 aliphatic heterocycles. The summed E-state index contributed by atoms with van der Waals surface area (Å²) < 4.78 is 10.8. The van der Waals surface area contributed by atoms with Crippen LogP contribution in [-0.4, -0.2) is 47.6 Å². The number of carbonyl (C=O) groups is 1. The van der Waals surface area contributed by atoms with Gasteiger partial charge in [-0.2, -0.15) is 4.98 Å². The van der Waals surface area contributed by atoms with E-state index in [2.05, 4.69) is 10.1 Å². The Bertz CT molecular complexity index is 941. The van der Waals surface area contributed by atoms with Gasteiger partial charge < -0.3 is 18.7 Å². The number of aromatic nitrogens is 2. The van der Waals surface area contributed by atoms with Crippen molar-refractivity contribution in [1.82, 2.24) is 15.0 Å². The fourth-order valence-electron chi connectivity index (χ4n) is 3.98. The zero-order chi connectivity index (χ0) is 20.9. The summed E-state index contributed by atoms with van der Waals surface area (Å²) in [4.78, 5) is 21.5. The van der Waals surface area contributed by atoms with E-state index in [4.69, 9.17) is 8.94 Å². The average Bonchev–Trinajstić information content (AvgIpc) is 3.47. The molecule has 7 nitrogen and oxygen atoms in total. The molecule has 2 aromatic heterocycles. The van der Waals surface area contributed by atoms with Gasteiger partial charge in [0.25, 0.3) is 5.91 Å². The Kier molecular flexibility index (Phi) is 6.16. The number of carbonyl (C=O) groups excluding carboxylic acids is 1. The molecular formula is C23H28N4O3. The summed E-state index contributed by atoms with van der Waals surface area (Å²) in [6.07, 6.45) is 7.66. The highest BCUT2D eigenvalue weighted by Crippen LogP contribution is 2.25. The van der Waals surface area contributed by atoms with E-state index in [1.807, 2.05) is 48.2 Å². The molecule has 2 heterocycles. The van der Waals surface area contributed by atoms with E-state index >= 15 is 0 Å². The number of anilines is 1. The van der Waals surface area contributed by atoms with E-state index in [-0.39, 0.29) is 11.9 Å². The molecule has 7 heteroatoms. The van der Waals surface area contributed by atoms with Crippen molar-refractivity contribution < 1.29 is 13.7 Å². The van der Waals surface area contributed by atoms with Gasteiger partial charge in [0.15, 0.2) is 5.76 Å². The first-order valence-electron chi connectivity index (χ1n) is 10.6. The molecule has 0 bridgehead atoms. The predicted molar refractivity (Wildman–Crippen MR) is 114 cm³/mol. The van der Waals surface area contributed by atoms with E-state index in [1.54, 1.807) is 12.1 Å². The van der Waals surface area contributed by atoms with Crippen LogP contribution in [0.25, 0.3) is 11.4 Å². The summed E-state index contributed by atoms with van der Waals surface area (Å²) in [5, 5.41) is 4.12. The van der Waals surface area contributed by atoms with Gasteiger partial charge in [-0.15, -0.1) is 0 Å². The van der Waals surface area contributed by atoms with Crippen molar-refractivity contribution in [2.24, 2.45) is 0 Å². The van der Waals surface area contributed by atoms with Crippen molar-refractivity contribution >= 4 is 11.6 Å². The van der Waals surface area contributed by atoms with Crippen molar-refractivity contribution in [1.29, 1.82) is 0 Å². The smallest absolute Gasteiger partial charge is 0.289 e. The van der Waals surface area contributed by atoms with Crippen molar-refractivity contribution in [3.63, 3.8) is 0 Å². The summed E-state index contributed by atoms with van der Waals surface area (Å²) in [5.41, 5.74) is 2.02. The Morgan fingerprint density at radius 2 is 1.87 bits per heavy atom. The van der Waals surface area contributed by atoms with Crippen molar-refractivity contribution in [2.75, 3.05) is 25.5 Å². The summed E-state index contributed by atoms with van der Waals surface area (Å²) in [5.74, 6) is 1.42. The molecule has 0 N–H and O–H groups in total. The molecule has 0 spiro atoms. The van der Waals surface area contributed by atoms with Gasteiger partial charge in [0.1, 0.15) is 0 Å². The van der Waals surface area contributed by atoms with E-state index < -0.39 is 0 Å². The van der Waals surface area contributed by atoms with Crippen molar-refractivity contribution in [2.45, 2.75) is 44.6 Å². The van der Waals surface area contributed by atoms with Crippen molar-refractivity contribution in [3.05, 3.63) is 54.3 Å². The van der Waals surface area contributed by atoms with Crippen LogP contribution in [-0.2, 0) is 6.42 Å². The van der Waals surface area contributed by atoms with Gasteiger partial charge in [-0.3, -0.25) is 4.79 Å². The van der Waals surface area contributed by atoms with Gasteiger partial charge in [0.2, 0.25) is 11.7 Å². The molecular weight excluding hydrogens is 380 g/mol. The minimum Gasteiger partial charge on any atom is -0.459 e. The van der Waals surface area contributed by atoms with Crippen molar-refractivity contribution in [3.8, 4) is 11.4 Å². The third-order valence-corrected chi connectivity index (χ3v) is 5.68. The van der Waals surface area contributed by atoms with Crippen LogP contribution in [0.5, 0.6) is 0 Å². The maximum atomic E-state index is 13.0. The highest BCUT2D eigenvalue weighted by Gasteiger charge is 2.28. The molecule has 1 aromatic carbocycles. The van der Waals surface area contributed by atoms with Gasteiger partial charge in [0.05, 0.1) is 6.26 Å². The van der Waals surface area contributed by atoms with Crippen LogP contribution in [0.4, 0.5) is 5.69 Å². The Balaban J connectivity index is 1.45. The second-order valence-electron chi connectivity index (χ2n) is 7.97. The molecule has 0 unspecified atom stereocenters. The number of nitrogens with zero attached hydrogens (tertiary/aromatic N) is 4. The maximum absolute atomic E-state index is 13.0. The second-order valence-corrected chi connectivity index (χ2v) is 7.97. The molecule has 1 aliphatic carbocycles. The molecule has 0 radical (unpaired) electrons. The van der Waals surface area contributed by atoms with E-state index in [1.165, 1.54) is 12.7 Å². The van der Waals surface area contributed by atoms with Crippen LogP contribution in [0.15, 0.2) is 51.6 Å². The Hall–Kier alpha value is -3.09. The Morgan fingerprint density at radius 1 is 1.10 bits per heavy atom. The van der Waals surface area contributed by atoms with E-state index in [9.17, 15) is 4.79 Å². The first-order chi connectivity index (χ1) is 14.6. The summed E-state index contributed by atoms with van der Waals surface area (Å²) in [7, 11) is 4.01. The lowest BCUT2D eigenvalue weighted by atomic mass is 9.94. The third kappa shape index (κ3) is 4.56. The summed E-state index contributed by atoms with van der Waals surface area (Å²) in [6.45, 7) is 0.533. The van der Waals surface area contributed by atoms with Gasteiger partial charge >= 0.3 is 0 Å². The SMILES string of the molecule is CN(C)c1ccc(-c2noc(CCN(C(=O)c3ccco3)C3CCCCC3)n2)cc1. The lowest BCUT2D eigenvalue weighted by Crippen LogP contribution is -2.42. The fraction of sp³-hybridized carbons (Fsp3) is 0.435. The number of furan rings is 1. The molecule has 4 rings (SSSR count). The van der Waals surface area contributed by atoms with Crippen LogP contribution < -0.4 is 4.90 Å². The average molecular weight is 409 g/mol. The lowest BCUT2D eigenvalue weighted by molar-refractivity contribution is 0.0599. The van der Waals surface area contributed by atoms with E-state index in [0.29, 0.717) is 30.4 Å². The fourth-order valence-corrected chi connectivity index (χ4v) is 3.98. The number of hydrogen-bond donors (Lipinski definition) is 0. The Morgan fingerprint density at radius 3 is 2.53 bits per heavy atom. The summed E-state index contributed by atoms with van der Waals surface area (Å²) >= 11 is 0. The minimum atomic E-state index is -0.0640. The third-order valence-electron chi connectivity index (χ3n) is 5.68. The molecule has 1 aliphatic rings. The molecule has 0 atom stereocenters. The maximum Gasteiger partial charge on any atom is 0.289 e. The monoisotopic (exact) mass is 408 g/mol. The predicted octanol–water partition coefficient (Wildman–Crippen LogP) is 4.41. The summed E-state index contributed by atoms with van der Waals surface area (Å²) in [6, 6.07) is 11.7. The molecule has 158 valence electrons. The first kappa shape index (κ1) is 20.2. The standard InChI is InChI=1S/C23H28N4O3/c1-26(2)18-12-10-17(11-13-18)22-24-21(30-25-22)14-15-27(19-7-4-3-5-8-19)23(28)20-9-6-16-29-20/h6,9-13,16,19H,3-5,7-8,14-15H2,1-2H3. The first-order valence-corrected chi connectivity index (χ1v) is 10.6. The lowest BCUT2D eigenvalue weighted by Gasteiger charge is -2.33. The molecule has 0 saturated heterocycles. The van der Waals surface area contributed by atoms with Crippen LogP contribution in [0, 0.1) is 0 Å². The number of hydrogen-bond acceptors (Lipinski definition) is 6. The Labute approximate surface area is 176 Å². The highest BCUT2D eigenvalue weighted by atomic mass is 16.5. The molecule has 1 saturated carbocycles. The number of amides is 1. The minimum absolute atomic E-state index is 0.0640. The van der Waals surface area contributed by atoms with Gasteiger partial charge in [-0.05, 0) is 49.2 Å². The van der Waals surface area contributed by atoms with Crippen LogP contribution >= 0.6 is 0 Å². The second kappa shape index (κ2) is 9.15. The van der Waals surface area contributed by atoms with Gasteiger partial charge in [0, 0.05) is 44.4 Å². The molecule has 3 aromatic rings.